The number of ketones is 1. The standard InChI is InChI=1S/C26H29N5O7S2/c1-18(32)27-10-2-3-25-28-29-26(31(25)20-6-9-23-24(15-20)38-17-37-23)39-16-22(33)19-4-7-21(8-5-19)40(34,35)30-11-13-36-14-12-30/h4-9,15H,2-3,10-14,16-17H2,1H3,(H,27,32). The normalized spacial score (nSPS) is 15.2. The number of nitrogens with zero attached hydrogens (tertiary/aromatic N) is 4. The Balaban J connectivity index is 1.30. The number of hydrogen-bond donors (Lipinski definition) is 1. The van der Waals surface area contributed by atoms with Gasteiger partial charge in [0.15, 0.2) is 22.4 Å². The van der Waals surface area contributed by atoms with Crippen LogP contribution < -0.4 is 14.8 Å². The number of amides is 1. The number of rotatable bonds is 11. The van der Waals surface area contributed by atoms with Gasteiger partial charge in [0.05, 0.1) is 29.5 Å². The molecule has 2 aliphatic heterocycles. The second-order valence-electron chi connectivity index (χ2n) is 9.11. The molecule has 1 N–H and O–H groups in total. The number of nitrogens with one attached hydrogen (secondary N) is 1. The maximum absolute atomic E-state index is 13.0. The number of aryl methyl sites for hydroxylation is 1. The first-order valence-electron chi connectivity index (χ1n) is 12.8. The van der Waals surface area contributed by atoms with Gasteiger partial charge in [0.1, 0.15) is 5.82 Å². The highest BCUT2D eigenvalue weighted by molar-refractivity contribution is 7.99. The van der Waals surface area contributed by atoms with E-state index in [1.807, 2.05) is 22.8 Å². The van der Waals surface area contributed by atoms with Crippen LogP contribution >= 0.6 is 11.8 Å². The van der Waals surface area contributed by atoms with Crippen molar-refractivity contribution in [3.05, 3.63) is 53.9 Å². The van der Waals surface area contributed by atoms with E-state index in [9.17, 15) is 18.0 Å². The molecule has 0 bridgehead atoms. The molecule has 0 saturated carbocycles. The third-order valence-electron chi connectivity index (χ3n) is 6.38. The van der Waals surface area contributed by atoms with Crippen molar-refractivity contribution >= 4 is 33.5 Å². The van der Waals surface area contributed by atoms with Gasteiger partial charge in [0.25, 0.3) is 0 Å². The summed E-state index contributed by atoms with van der Waals surface area (Å²) in [4.78, 5) is 24.4. The molecule has 212 valence electrons. The zero-order chi connectivity index (χ0) is 28.1. The molecule has 1 saturated heterocycles. The minimum Gasteiger partial charge on any atom is -0.454 e. The fraction of sp³-hybridized carbons (Fsp3) is 0.385. The van der Waals surface area contributed by atoms with Crippen LogP contribution in [0.2, 0.25) is 0 Å². The lowest BCUT2D eigenvalue weighted by Crippen LogP contribution is -2.40. The molecule has 2 aliphatic rings. The SMILES string of the molecule is CC(=O)NCCCc1nnc(SCC(=O)c2ccc(S(=O)(=O)N3CCOCC3)cc2)n1-c1ccc2c(c1)OCO2. The second kappa shape index (κ2) is 12.4. The third kappa shape index (κ3) is 6.30. The van der Waals surface area contributed by atoms with Crippen molar-refractivity contribution in [2.75, 3.05) is 45.4 Å². The number of carbonyl (C=O) groups excluding carboxylic acids is 2. The molecule has 0 unspecified atom stereocenters. The van der Waals surface area contributed by atoms with Gasteiger partial charge in [-0.3, -0.25) is 14.2 Å². The van der Waals surface area contributed by atoms with Crippen LogP contribution in [0.4, 0.5) is 0 Å². The Morgan fingerprint density at radius 1 is 1.02 bits per heavy atom. The number of aromatic nitrogens is 3. The van der Waals surface area contributed by atoms with Gasteiger partial charge in [0.2, 0.25) is 22.7 Å². The van der Waals surface area contributed by atoms with Crippen LogP contribution in [0.1, 0.15) is 29.5 Å². The number of ether oxygens (including phenoxy) is 3. The van der Waals surface area contributed by atoms with Crippen molar-refractivity contribution in [1.82, 2.24) is 24.4 Å². The van der Waals surface area contributed by atoms with Crippen molar-refractivity contribution in [3.8, 4) is 17.2 Å². The van der Waals surface area contributed by atoms with Crippen LogP contribution in [-0.2, 0) is 26.0 Å². The van der Waals surface area contributed by atoms with Gasteiger partial charge in [-0.15, -0.1) is 10.2 Å². The number of hydrogen-bond acceptors (Lipinski definition) is 10. The van der Waals surface area contributed by atoms with Crippen molar-refractivity contribution < 1.29 is 32.2 Å². The molecular formula is C26H29N5O7S2. The van der Waals surface area contributed by atoms with E-state index in [4.69, 9.17) is 14.2 Å². The number of sulfonamides is 1. The molecule has 3 aromatic rings. The van der Waals surface area contributed by atoms with Gasteiger partial charge in [-0.25, -0.2) is 8.42 Å². The first-order chi connectivity index (χ1) is 19.3. The Labute approximate surface area is 236 Å². The molecular weight excluding hydrogens is 558 g/mol. The second-order valence-corrected chi connectivity index (χ2v) is 12.0. The van der Waals surface area contributed by atoms with E-state index >= 15 is 0 Å². The quantitative estimate of drug-likeness (QED) is 0.201. The average Bonchev–Trinajstić information content (AvgIpc) is 3.61. The van der Waals surface area contributed by atoms with Crippen LogP contribution in [0.5, 0.6) is 11.5 Å². The van der Waals surface area contributed by atoms with E-state index in [1.54, 1.807) is 0 Å². The predicted octanol–water partition coefficient (Wildman–Crippen LogP) is 2.06. The van der Waals surface area contributed by atoms with Crippen LogP contribution in [-0.4, -0.2) is 84.6 Å². The van der Waals surface area contributed by atoms with Crippen molar-refractivity contribution in [3.63, 3.8) is 0 Å². The maximum Gasteiger partial charge on any atom is 0.243 e. The summed E-state index contributed by atoms with van der Waals surface area (Å²) in [5.41, 5.74) is 1.16. The summed E-state index contributed by atoms with van der Waals surface area (Å²) in [6.45, 7) is 3.45. The summed E-state index contributed by atoms with van der Waals surface area (Å²) >= 11 is 1.23. The first-order valence-corrected chi connectivity index (χ1v) is 15.2. The smallest absolute Gasteiger partial charge is 0.243 e. The van der Waals surface area contributed by atoms with Crippen molar-refractivity contribution in [2.24, 2.45) is 0 Å². The molecule has 0 spiro atoms. The summed E-state index contributed by atoms with van der Waals surface area (Å²) in [5, 5.41) is 12.0. The minimum atomic E-state index is -3.64. The Morgan fingerprint density at radius 2 is 1.77 bits per heavy atom. The van der Waals surface area contributed by atoms with E-state index < -0.39 is 10.0 Å². The molecule has 2 aromatic carbocycles. The van der Waals surface area contributed by atoms with Gasteiger partial charge in [-0.2, -0.15) is 4.31 Å². The van der Waals surface area contributed by atoms with Gasteiger partial charge in [0, 0.05) is 44.6 Å². The van der Waals surface area contributed by atoms with E-state index in [-0.39, 0.29) is 29.1 Å². The Hall–Kier alpha value is -3.46. The zero-order valence-corrected chi connectivity index (χ0v) is 23.5. The fourth-order valence-electron chi connectivity index (χ4n) is 4.31. The highest BCUT2D eigenvalue weighted by atomic mass is 32.2. The number of benzene rings is 2. The lowest BCUT2D eigenvalue weighted by Gasteiger charge is -2.26. The molecule has 1 amide bonds. The van der Waals surface area contributed by atoms with E-state index in [0.29, 0.717) is 73.7 Å². The van der Waals surface area contributed by atoms with Gasteiger partial charge in [-0.1, -0.05) is 23.9 Å². The average molecular weight is 588 g/mol. The minimum absolute atomic E-state index is 0.0735. The van der Waals surface area contributed by atoms with Crippen LogP contribution in [0.25, 0.3) is 5.69 Å². The van der Waals surface area contributed by atoms with Crippen molar-refractivity contribution in [1.29, 1.82) is 0 Å². The number of carbonyl (C=O) groups is 2. The third-order valence-corrected chi connectivity index (χ3v) is 9.22. The summed E-state index contributed by atoms with van der Waals surface area (Å²) in [6, 6.07) is 11.5. The van der Waals surface area contributed by atoms with Crippen LogP contribution in [0.3, 0.4) is 0 Å². The number of Topliss-reactive ketones (excluding diaryl/α,β-unsaturated/α-hetero) is 1. The Kier molecular flexibility index (Phi) is 8.69. The lowest BCUT2D eigenvalue weighted by atomic mass is 10.1. The first kappa shape index (κ1) is 28.1. The fourth-order valence-corrected chi connectivity index (χ4v) is 6.59. The molecule has 0 aliphatic carbocycles. The predicted molar refractivity (Wildman–Crippen MR) is 146 cm³/mol. The van der Waals surface area contributed by atoms with Gasteiger partial charge < -0.3 is 19.5 Å². The van der Waals surface area contributed by atoms with Crippen molar-refractivity contribution in [2.45, 2.75) is 29.8 Å². The largest absolute Gasteiger partial charge is 0.454 e. The number of fused-ring (bicyclic) bond motifs is 1. The number of thioether (sulfide) groups is 1. The number of morpholine rings is 1. The molecule has 12 nitrogen and oxygen atoms in total. The van der Waals surface area contributed by atoms with E-state index in [1.165, 1.54) is 47.3 Å². The zero-order valence-electron chi connectivity index (χ0n) is 21.9. The summed E-state index contributed by atoms with van der Waals surface area (Å²) in [7, 11) is -3.64. The maximum atomic E-state index is 13.0. The van der Waals surface area contributed by atoms with Crippen LogP contribution in [0, 0.1) is 0 Å². The highest BCUT2D eigenvalue weighted by Crippen LogP contribution is 2.35. The summed E-state index contributed by atoms with van der Waals surface area (Å²) in [5.74, 6) is 1.73. The molecule has 3 heterocycles. The molecule has 0 radical (unpaired) electrons. The monoisotopic (exact) mass is 587 g/mol. The molecule has 40 heavy (non-hydrogen) atoms. The molecule has 0 atom stereocenters. The molecule has 1 fully saturated rings. The summed E-state index contributed by atoms with van der Waals surface area (Å²) < 4.78 is 45.2. The molecule has 1 aromatic heterocycles. The van der Waals surface area contributed by atoms with Crippen LogP contribution in [0.15, 0.2) is 52.5 Å². The Bertz CT molecular complexity index is 1490. The topological polar surface area (TPSA) is 142 Å². The summed E-state index contributed by atoms with van der Waals surface area (Å²) in [6.07, 6.45) is 1.21. The van der Waals surface area contributed by atoms with E-state index in [0.717, 1.165) is 5.69 Å². The molecule has 5 rings (SSSR count). The van der Waals surface area contributed by atoms with Gasteiger partial charge >= 0.3 is 0 Å². The van der Waals surface area contributed by atoms with E-state index in [2.05, 4.69) is 15.5 Å². The highest BCUT2D eigenvalue weighted by Gasteiger charge is 2.26. The Morgan fingerprint density at radius 3 is 2.52 bits per heavy atom. The molecule has 14 heteroatoms. The lowest BCUT2D eigenvalue weighted by molar-refractivity contribution is -0.118. The van der Waals surface area contributed by atoms with Gasteiger partial charge in [-0.05, 0) is 30.7 Å².